The zero-order chi connectivity index (χ0) is 15.5. The zero-order valence-electron chi connectivity index (χ0n) is 13.1. The molecule has 3 rings (SSSR count). The fourth-order valence-corrected chi connectivity index (χ4v) is 3.73. The molecule has 0 unspecified atom stereocenters. The van der Waals surface area contributed by atoms with E-state index in [1.54, 1.807) is 11.3 Å². The third-order valence-electron chi connectivity index (χ3n) is 3.95. The number of fused-ring (bicyclic) bond motifs is 1. The van der Waals surface area contributed by atoms with Crippen LogP contribution in [0.3, 0.4) is 0 Å². The Bertz CT molecular complexity index is 620. The maximum absolute atomic E-state index is 12.7. The van der Waals surface area contributed by atoms with Crippen molar-refractivity contribution in [3.05, 3.63) is 40.6 Å². The number of amides is 1. The Morgan fingerprint density at radius 3 is 3.05 bits per heavy atom. The van der Waals surface area contributed by atoms with E-state index in [0.717, 1.165) is 30.3 Å². The monoisotopic (exact) mass is 318 g/mol. The molecule has 2 aromatic rings. The normalized spacial score (nSPS) is 18.3. The van der Waals surface area contributed by atoms with Gasteiger partial charge in [-0.25, -0.2) is 4.98 Å². The van der Waals surface area contributed by atoms with Crippen molar-refractivity contribution >= 4 is 17.2 Å². The van der Waals surface area contributed by atoms with Crippen LogP contribution in [0.2, 0.25) is 0 Å². The van der Waals surface area contributed by atoms with Gasteiger partial charge in [-0.05, 0) is 25.5 Å². The molecule has 1 atom stereocenters. The lowest BCUT2D eigenvalue weighted by Crippen LogP contribution is -2.38. The minimum absolute atomic E-state index is 0.197. The van der Waals surface area contributed by atoms with E-state index >= 15 is 0 Å². The van der Waals surface area contributed by atoms with Gasteiger partial charge in [0.05, 0.1) is 13.0 Å². The predicted octanol–water partition coefficient (Wildman–Crippen LogP) is 1.71. The lowest BCUT2D eigenvalue weighted by atomic mass is 10.1. The molecule has 0 spiro atoms. The maximum Gasteiger partial charge on any atom is 0.228 e. The van der Waals surface area contributed by atoms with Gasteiger partial charge in [0.2, 0.25) is 5.91 Å². The average Bonchev–Trinajstić information content (AvgIpc) is 3.07. The molecule has 0 bridgehead atoms. The third kappa shape index (κ3) is 3.56. The minimum atomic E-state index is 0.197. The molecular weight excluding hydrogens is 296 g/mol. The summed E-state index contributed by atoms with van der Waals surface area (Å²) in [5.74, 6) is 1.61. The molecule has 1 aliphatic rings. The summed E-state index contributed by atoms with van der Waals surface area (Å²) in [4.78, 5) is 22.4. The van der Waals surface area contributed by atoms with Crippen LogP contribution in [0.15, 0.2) is 29.9 Å². The Hall–Kier alpha value is -1.66. The molecule has 0 aromatic carbocycles. The second-order valence-corrected chi connectivity index (χ2v) is 7.19. The molecule has 118 valence electrons. The molecule has 0 radical (unpaired) electrons. The molecule has 0 saturated heterocycles. The summed E-state index contributed by atoms with van der Waals surface area (Å²) in [6.07, 6.45) is 4.34. The molecule has 0 saturated carbocycles. The van der Waals surface area contributed by atoms with Crippen LogP contribution in [-0.2, 0) is 24.3 Å². The molecule has 5 nitrogen and oxygen atoms in total. The fraction of sp³-hybridized carbons (Fsp3) is 0.500. The predicted molar refractivity (Wildman–Crippen MR) is 87.7 cm³/mol. The summed E-state index contributed by atoms with van der Waals surface area (Å²) in [6, 6.07) is 4.02. The molecule has 0 N–H and O–H groups in total. The van der Waals surface area contributed by atoms with E-state index in [1.165, 1.54) is 0 Å². The highest BCUT2D eigenvalue weighted by Crippen LogP contribution is 2.18. The lowest BCUT2D eigenvalue weighted by Gasteiger charge is -2.25. The van der Waals surface area contributed by atoms with Crippen LogP contribution in [0.25, 0.3) is 0 Å². The number of carbonyl (C=O) groups excluding carboxylic acids is 1. The van der Waals surface area contributed by atoms with E-state index < -0.39 is 0 Å². The maximum atomic E-state index is 12.7. The first-order valence-electron chi connectivity index (χ1n) is 7.56. The van der Waals surface area contributed by atoms with Crippen molar-refractivity contribution < 1.29 is 4.79 Å². The Balaban J connectivity index is 1.76. The van der Waals surface area contributed by atoms with E-state index in [2.05, 4.69) is 28.5 Å². The van der Waals surface area contributed by atoms with Gasteiger partial charge in [-0.15, -0.1) is 11.3 Å². The van der Waals surface area contributed by atoms with Crippen LogP contribution in [0.5, 0.6) is 0 Å². The van der Waals surface area contributed by atoms with Crippen molar-refractivity contribution in [3.8, 4) is 0 Å². The largest absolute Gasteiger partial charge is 0.335 e. The van der Waals surface area contributed by atoms with E-state index in [9.17, 15) is 4.79 Å². The van der Waals surface area contributed by atoms with Crippen molar-refractivity contribution in [1.82, 2.24) is 19.4 Å². The summed E-state index contributed by atoms with van der Waals surface area (Å²) in [5, 5.41) is 2.02. The van der Waals surface area contributed by atoms with Gasteiger partial charge in [-0.1, -0.05) is 6.07 Å². The number of imidazole rings is 1. The quantitative estimate of drug-likeness (QED) is 0.862. The zero-order valence-corrected chi connectivity index (χ0v) is 13.9. The van der Waals surface area contributed by atoms with Gasteiger partial charge in [-0.2, -0.15) is 0 Å². The second kappa shape index (κ2) is 6.62. The van der Waals surface area contributed by atoms with Crippen molar-refractivity contribution in [3.63, 3.8) is 0 Å². The summed E-state index contributed by atoms with van der Waals surface area (Å²) in [6.45, 7) is 3.31. The van der Waals surface area contributed by atoms with Gasteiger partial charge in [-0.3, -0.25) is 4.79 Å². The average molecular weight is 318 g/mol. The van der Waals surface area contributed by atoms with E-state index in [-0.39, 0.29) is 5.91 Å². The summed E-state index contributed by atoms with van der Waals surface area (Å²) < 4.78 is 2.19. The van der Waals surface area contributed by atoms with E-state index in [0.29, 0.717) is 18.9 Å². The van der Waals surface area contributed by atoms with E-state index in [4.69, 9.17) is 0 Å². The van der Waals surface area contributed by atoms with Crippen LogP contribution < -0.4 is 0 Å². The first-order valence-corrected chi connectivity index (χ1v) is 8.44. The third-order valence-corrected chi connectivity index (χ3v) is 4.83. The number of thiophene rings is 1. The van der Waals surface area contributed by atoms with Crippen LogP contribution in [-0.4, -0.2) is 52.4 Å². The number of hydrogen-bond acceptors (Lipinski definition) is 4. The van der Waals surface area contributed by atoms with Crippen molar-refractivity contribution in [1.29, 1.82) is 0 Å². The molecule has 3 heterocycles. The van der Waals surface area contributed by atoms with Gasteiger partial charge < -0.3 is 14.4 Å². The van der Waals surface area contributed by atoms with Crippen molar-refractivity contribution in [2.75, 3.05) is 27.2 Å². The van der Waals surface area contributed by atoms with Gasteiger partial charge in [0.1, 0.15) is 5.82 Å². The van der Waals surface area contributed by atoms with Gasteiger partial charge in [0, 0.05) is 42.8 Å². The SMILES string of the molecule is CN(C)C[C@H]1CN(C(=O)Cc2cccs2)Cc2nccn2C1. The topological polar surface area (TPSA) is 41.4 Å². The molecule has 0 aliphatic carbocycles. The first kappa shape index (κ1) is 15.2. The molecule has 2 aromatic heterocycles. The Labute approximate surface area is 135 Å². The second-order valence-electron chi connectivity index (χ2n) is 6.15. The highest BCUT2D eigenvalue weighted by atomic mass is 32.1. The smallest absolute Gasteiger partial charge is 0.228 e. The molecule has 22 heavy (non-hydrogen) atoms. The summed E-state index contributed by atoms with van der Waals surface area (Å²) in [7, 11) is 4.16. The van der Waals surface area contributed by atoms with Crippen LogP contribution in [0.4, 0.5) is 0 Å². The Kier molecular flexibility index (Phi) is 4.59. The molecular formula is C16H22N4OS. The van der Waals surface area contributed by atoms with Crippen molar-refractivity contribution in [2.45, 2.75) is 19.5 Å². The number of nitrogens with zero attached hydrogens (tertiary/aromatic N) is 4. The molecule has 6 heteroatoms. The number of rotatable bonds is 4. The standard InChI is InChI=1S/C16H22N4OS/c1-18(2)9-13-10-19-6-5-17-15(19)12-20(11-13)16(21)8-14-4-3-7-22-14/h3-7,13H,8-12H2,1-2H3/t13-/m1/s1. The number of hydrogen-bond donors (Lipinski definition) is 0. The van der Waals surface area contributed by atoms with Crippen molar-refractivity contribution in [2.24, 2.45) is 5.92 Å². The van der Waals surface area contributed by atoms with Crippen LogP contribution in [0.1, 0.15) is 10.7 Å². The van der Waals surface area contributed by atoms with Gasteiger partial charge in [0.25, 0.3) is 0 Å². The minimum Gasteiger partial charge on any atom is -0.335 e. The molecule has 0 fully saturated rings. The molecule has 1 amide bonds. The first-order chi connectivity index (χ1) is 10.6. The number of aromatic nitrogens is 2. The van der Waals surface area contributed by atoms with Crippen LogP contribution >= 0.6 is 11.3 Å². The summed E-state index contributed by atoms with van der Waals surface area (Å²) >= 11 is 1.64. The lowest BCUT2D eigenvalue weighted by molar-refractivity contribution is -0.131. The van der Waals surface area contributed by atoms with Gasteiger partial charge in [0.15, 0.2) is 0 Å². The highest BCUT2D eigenvalue weighted by Gasteiger charge is 2.26. The Morgan fingerprint density at radius 2 is 2.32 bits per heavy atom. The molecule has 1 aliphatic heterocycles. The summed E-state index contributed by atoms with van der Waals surface area (Å²) in [5.41, 5.74) is 0. The van der Waals surface area contributed by atoms with Crippen LogP contribution in [0, 0.1) is 5.92 Å². The number of carbonyl (C=O) groups is 1. The van der Waals surface area contributed by atoms with E-state index in [1.807, 2.05) is 34.8 Å². The highest BCUT2D eigenvalue weighted by molar-refractivity contribution is 7.10. The Morgan fingerprint density at radius 1 is 1.45 bits per heavy atom. The van der Waals surface area contributed by atoms with Gasteiger partial charge >= 0.3 is 0 Å². The fourth-order valence-electron chi connectivity index (χ4n) is 3.04.